The van der Waals surface area contributed by atoms with Crippen LogP contribution in [0.2, 0.25) is 0 Å². The number of aryl methyl sites for hydroxylation is 3. The van der Waals surface area contributed by atoms with Crippen LogP contribution in [0.25, 0.3) is 0 Å². The quantitative estimate of drug-likeness (QED) is 0.670. The van der Waals surface area contributed by atoms with Gasteiger partial charge in [0.2, 0.25) is 0 Å². The molecule has 0 heterocycles. The maximum atomic E-state index is 13.3. The zero-order valence-corrected chi connectivity index (χ0v) is 12.3. The van der Waals surface area contributed by atoms with Crippen LogP contribution in [0.5, 0.6) is 0 Å². The van der Waals surface area contributed by atoms with Crippen molar-refractivity contribution in [2.24, 2.45) is 0 Å². The number of hydrogen-bond donors (Lipinski definition) is 0. The first-order valence-corrected chi connectivity index (χ1v) is 6.87. The highest BCUT2D eigenvalue weighted by atomic mass is 35.5. The van der Waals surface area contributed by atoms with E-state index in [1.54, 1.807) is 12.1 Å². The highest BCUT2D eigenvalue weighted by Crippen LogP contribution is 2.31. The first kappa shape index (κ1) is 14.1. The fourth-order valence-corrected chi connectivity index (χ4v) is 2.97. The van der Waals surface area contributed by atoms with Crippen LogP contribution in [0, 0.1) is 26.6 Å². The minimum atomic E-state index is -0.196. The smallest absolute Gasteiger partial charge is 0.123 e. The molecule has 0 N–H and O–H groups in total. The van der Waals surface area contributed by atoms with Gasteiger partial charge in [-0.15, -0.1) is 11.6 Å². The summed E-state index contributed by atoms with van der Waals surface area (Å²) in [5.74, 6) is -0.196. The van der Waals surface area contributed by atoms with E-state index in [-0.39, 0.29) is 11.2 Å². The predicted octanol–water partition coefficient (Wildman–Crippen LogP) is 5.27. The van der Waals surface area contributed by atoms with Crippen LogP contribution < -0.4 is 0 Å². The molecule has 1 unspecified atom stereocenters. The molecule has 0 aliphatic carbocycles. The SMILES string of the molecule is Cc1ccc(CC(Cl)c2c(C)cc(F)cc2C)cc1. The van der Waals surface area contributed by atoms with E-state index in [2.05, 4.69) is 31.2 Å². The zero-order chi connectivity index (χ0) is 14.0. The monoisotopic (exact) mass is 276 g/mol. The molecular weight excluding hydrogens is 259 g/mol. The van der Waals surface area contributed by atoms with Crippen LogP contribution in [0.1, 0.15) is 33.2 Å². The summed E-state index contributed by atoms with van der Waals surface area (Å²) in [5, 5.41) is -0.122. The van der Waals surface area contributed by atoms with E-state index in [0.29, 0.717) is 0 Å². The van der Waals surface area contributed by atoms with Gasteiger partial charge in [-0.3, -0.25) is 0 Å². The van der Waals surface area contributed by atoms with Crippen molar-refractivity contribution in [2.45, 2.75) is 32.6 Å². The van der Waals surface area contributed by atoms with Crippen LogP contribution in [0.3, 0.4) is 0 Å². The zero-order valence-electron chi connectivity index (χ0n) is 11.5. The van der Waals surface area contributed by atoms with Crippen molar-refractivity contribution in [2.75, 3.05) is 0 Å². The lowest BCUT2D eigenvalue weighted by Crippen LogP contribution is -2.02. The molecule has 0 nitrogen and oxygen atoms in total. The number of rotatable bonds is 3. The molecule has 0 amide bonds. The van der Waals surface area contributed by atoms with Gasteiger partial charge in [0.05, 0.1) is 5.38 Å². The number of benzene rings is 2. The Morgan fingerprint density at radius 2 is 1.53 bits per heavy atom. The van der Waals surface area contributed by atoms with Crippen LogP contribution in [0.15, 0.2) is 36.4 Å². The summed E-state index contributed by atoms with van der Waals surface area (Å²) in [6.45, 7) is 5.89. The maximum absolute atomic E-state index is 13.3. The Morgan fingerprint density at radius 1 is 1.00 bits per heavy atom. The molecule has 0 aromatic heterocycles. The molecule has 0 bridgehead atoms. The second-order valence-corrected chi connectivity index (χ2v) is 5.64. The van der Waals surface area contributed by atoms with Crippen molar-refractivity contribution in [3.63, 3.8) is 0 Å². The summed E-state index contributed by atoms with van der Waals surface area (Å²) in [5.41, 5.74) is 5.33. The minimum absolute atomic E-state index is 0.122. The fraction of sp³-hybridized carbons (Fsp3) is 0.294. The van der Waals surface area contributed by atoms with Gasteiger partial charge in [0, 0.05) is 0 Å². The predicted molar refractivity (Wildman–Crippen MR) is 79.4 cm³/mol. The highest BCUT2D eigenvalue weighted by Gasteiger charge is 2.15. The summed E-state index contributed by atoms with van der Waals surface area (Å²) in [6, 6.07) is 11.5. The average molecular weight is 277 g/mol. The van der Waals surface area contributed by atoms with Gasteiger partial charge in [0.25, 0.3) is 0 Å². The highest BCUT2D eigenvalue weighted by molar-refractivity contribution is 6.21. The molecule has 0 fully saturated rings. The molecular formula is C17H18ClF. The second kappa shape index (κ2) is 5.75. The molecule has 2 aromatic carbocycles. The summed E-state index contributed by atoms with van der Waals surface area (Å²) in [7, 11) is 0. The van der Waals surface area contributed by atoms with Crippen molar-refractivity contribution in [1.82, 2.24) is 0 Å². The number of alkyl halides is 1. The van der Waals surface area contributed by atoms with Crippen molar-refractivity contribution in [1.29, 1.82) is 0 Å². The molecule has 0 saturated carbocycles. The molecule has 2 rings (SSSR count). The van der Waals surface area contributed by atoms with Crippen LogP contribution in [-0.2, 0) is 6.42 Å². The Morgan fingerprint density at radius 3 is 2.05 bits per heavy atom. The molecule has 2 aromatic rings. The van der Waals surface area contributed by atoms with E-state index in [9.17, 15) is 4.39 Å². The molecule has 0 saturated heterocycles. The average Bonchev–Trinajstić information content (AvgIpc) is 2.30. The Balaban J connectivity index is 2.25. The second-order valence-electron chi connectivity index (χ2n) is 5.11. The third-order valence-corrected chi connectivity index (χ3v) is 3.78. The fourth-order valence-electron chi connectivity index (χ4n) is 2.45. The van der Waals surface area contributed by atoms with Crippen LogP contribution in [0.4, 0.5) is 4.39 Å². The summed E-state index contributed by atoms with van der Waals surface area (Å²) < 4.78 is 13.3. The lowest BCUT2D eigenvalue weighted by molar-refractivity contribution is 0.623. The Kier molecular flexibility index (Phi) is 4.26. The van der Waals surface area contributed by atoms with Gasteiger partial charge in [0.15, 0.2) is 0 Å². The topological polar surface area (TPSA) is 0 Å². The van der Waals surface area contributed by atoms with Gasteiger partial charge in [-0.1, -0.05) is 29.8 Å². The molecule has 0 radical (unpaired) electrons. The molecule has 0 aliphatic heterocycles. The third-order valence-electron chi connectivity index (χ3n) is 3.41. The number of halogens is 2. The van der Waals surface area contributed by atoms with Crippen molar-refractivity contribution >= 4 is 11.6 Å². The van der Waals surface area contributed by atoms with Crippen molar-refractivity contribution in [3.8, 4) is 0 Å². The number of hydrogen-bond acceptors (Lipinski definition) is 0. The Hall–Kier alpha value is -1.34. The standard InChI is InChI=1S/C17H18ClF/c1-11-4-6-14(7-5-11)10-16(18)17-12(2)8-15(19)9-13(17)3/h4-9,16H,10H2,1-3H3. The van der Waals surface area contributed by atoms with Crippen LogP contribution in [-0.4, -0.2) is 0 Å². The van der Waals surface area contributed by atoms with Gasteiger partial charge in [-0.25, -0.2) is 4.39 Å². The molecule has 100 valence electrons. The molecule has 19 heavy (non-hydrogen) atoms. The Labute approximate surface area is 119 Å². The van der Waals surface area contributed by atoms with E-state index in [0.717, 1.165) is 23.1 Å². The summed E-state index contributed by atoms with van der Waals surface area (Å²) in [4.78, 5) is 0. The van der Waals surface area contributed by atoms with Gasteiger partial charge in [-0.2, -0.15) is 0 Å². The summed E-state index contributed by atoms with van der Waals surface area (Å²) >= 11 is 6.52. The third kappa shape index (κ3) is 3.36. The van der Waals surface area contributed by atoms with E-state index in [1.165, 1.54) is 11.1 Å². The Bertz CT molecular complexity index is 549. The molecule has 1 atom stereocenters. The van der Waals surface area contributed by atoms with Crippen molar-refractivity contribution < 1.29 is 4.39 Å². The first-order chi connectivity index (χ1) is 8.97. The lowest BCUT2D eigenvalue weighted by atomic mass is 9.95. The minimum Gasteiger partial charge on any atom is -0.207 e. The first-order valence-electron chi connectivity index (χ1n) is 6.43. The maximum Gasteiger partial charge on any atom is 0.123 e. The van der Waals surface area contributed by atoms with Crippen molar-refractivity contribution in [3.05, 3.63) is 70.0 Å². The normalized spacial score (nSPS) is 12.5. The van der Waals surface area contributed by atoms with Gasteiger partial charge in [0.1, 0.15) is 5.82 Å². The van der Waals surface area contributed by atoms with E-state index < -0.39 is 0 Å². The van der Waals surface area contributed by atoms with Gasteiger partial charge < -0.3 is 0 Å². The molecule has 0 aliphatic rings. The molecule has 2 heteroatoms. The van der Waals surface area contributed by atoms with Gasteiger partial charge in [-0.05, 0) is 61.6 Å². The lowest BCUT2D eigenvalue weighted by Gasteiger charge is -2.16. The van der Waals surface area contributed by atoms with E-state index >= 15 is 0 Å². The van der Waals surface area contributed by atoms with E-state index in [4.69, 9.17) is 11.6 Å². The molecule has 0 spiro atoms. The van der Waals surface area contributed by atoms with Crippen LogP contribution >= 0.6 is 11.6 Å². The largest absolute Gasteiger partial charge is 0.207 e. The van der Waals surface area contributed by atoms with Gasteiger partial charge >= 0.3 is 0 Å². The van der Waals surface area contributed by atoms with E-state index in [1.807, 2.05) is 13.8 Å². The summed E-state index contributed by atoms with van der Waals surface area (Å²) in [6.07, 6.45) is 0.759.